The normalized spacial score (nSPS) is 33.8. The van der Waals surface area contributed by atoms with Gasteiger partial charge in [-0.15, -0.1) is 0 Å². The molecule has 0 aromatic rings. The van der Waals surface area contributed by atoms with E-state index in [1.54, 1.807) is 0 Å². The zero-order valence-corrected chi connectivity index (χ0v) is 13.6. The minimum absolute atomic E-state index is 0.0981. The van der Waals surface area contributed by atoms with Gasteiger partial charge in [0.15, 0.2) is 0 Å². The summed E-state index contributed by atoms with van der Waals surface area (Å²) in [5.74, 6) is -1.24. The molecule has 21 heavy (non-hydrogen) atoms. The molecule has 0 N–H and O–H groups in total. The van der Waals surface area contributed by atoms with Crippen molar-refractivity contribution in [1.82, 2.24) is 0 Å². The molecule has 0 aromatic carbocycles. The lowest BCUT2D eigenvalue weighted by Crippen LogP contribution is -2.41. The summed E-state index contributed by atoms with van der Waals surface area (Å²) < 4.78 is 10.8. The zero-order valence-electron chi connectivity index (χ0n) is 13.6. The summed E-state index contributed by atoms with van der Waals surface area (Å²) in [6, 6.07) is 0. The Hall–Kier alpha value is -1.32. The number of carbonyl (C=O) groups is 2. The quantitative estimate of drug-likeness (QED) is 0.577. The first-order valence-electron chi connectivity index (χ1n) is 7.91. The molecule has 2 bridgehead atoms. The predicted octanol–water partition coefficient (Wildman–Crippen LogP) is 3.11. The van der Waals surface area contributed by atoms with Crippen molar-refractivity contribution in [3.63, 3.8) is 0 Å². The van der Waals surface area contributed by atoms with Crippen molar-refractivity contribution in [3.8, 4) is 0 Å². The molecule has 118 valence electrons. The van der Waals surface area contributed by atoms with Crippen LogP contribution in [0.5, 0.6) is 0 Å². The van der Waals surface area contributed by atoms with E-state index in [0.717, 1.165) is 12.8 Å². The highest BCUT2D eigenvalue weighted by atomic mass is 16.6. The highest BCUT2D eigenvalue weighted by Gasteiger charge is 2.60. The third kappa shape index (κ3) is 2.85. The van der Waals surface area contributed by atoms with Gasteiger partial charge in [-0.05, 0) is 46.5 Å². The van der Waals surface area contributed by atoms with Crippen LogP contribution < -0.4 is 0 Å². The fourth-order valence-electron chi connectivity index (χ4n) is 3.76. The lowest BCUT2D eigenvalue weighted by molar-refractivity contribution is -0.167. The molecule has 4 heteroatoms. The van der Waals surface area contributed by atoms with E-state index >= 15 is 0 Å². The molecule has 0 amide bonds. The van der Waals surface area contributed by atoms with Gasteiger partial charge in [0.25, 0.3) is 0 Å². The molecule has 2 rings (SSSR count). The number of esters is 2. The zero-order chi connectivity index (χ0) is 15.8. The smallest absolute Gasteiger partial charge is 0.310 e. The number of ether oxygens (including phenoxy) is 2. The Kier molecular flexibility index (Phi) is 4.45. The Morgan fingerprint density at radius 3 is 2.24 bits per heavy atom. The van der Waals surface area contributed by atoms with Gasteiger partial charge in [0, 0.05) is 5.41 Å². The van der Waals surface area contributed by atoms with Crippen molar-refractivity contribution in [1.29, 1.82) is 0 Å². The topological polar surface area (TPSA) is 52.6 Å². The minimum atomic E-state index is -0.411. The second-order valence-electron chi connectivity index (χ2n) is 6.79. The second-order valence-corrected chi connectivity index (χ2v) is 6.79. The molecular formula is C17H26O4. The van der Waals surface area contributed by atoms with E-state index in [1.807, 2.05) is 27.7 Å². The third-order valence-electron chi connectivity index (χ3n) is 4.62. The van der Waals surface area contributed by atoms with Crippen LogP contribution in [0.3, 0.4) is 0 Å². The van der Waals surface area contributed by atoms with Gasteiger partial charge in [0.1, 0.15) is 0 Å². The van der Waals surface area contributed by atoms with Crippen molar-refractivity contribution in [3.05, 3.63) is 12.2 Å². The SMILES string of the molecule is CCC12C=CC(C1)C(C(=O)OC(C)C)C2C(=O)OC(C)C. The van der Waals surface area contributed by atoms with Crippen LogP contribution in [0.1, 0.15) is 47.5 Å². The Morgan fingerprint density at radius 2 is 1.71 bits per heavy atom. The predicted molar refractivity (Wildman–Crippen MR) is 79.4 cm³/mol. The van der Waals surface area contributed by atoms with Crippen LogP contribution in [-0.2, 0) is 19.1 Å². The highest BCUT2D eigenvalue weighted by Crippen LogP contribution is 2.59. The van der Waals surface area contributed by atoms with Crippen molar-refractivity contribution in [2.24, 2.45) is 23.2 Å². The number of fused-ring (bicyclic) bond motifs is 2. The molecule has 0 spiro atoms. The van der Waals surface area contributed by atoms with Gasteiger partial charge in [-0.1, -0.05) is 19.1 Å². The summed E-state index contributed by atoms with van der Waals surface area (Å²) in [5.41, 5.74) is -0.239. The molecule has 2 aliphatic carbocycles. The van der Waals surface area contributed by atoms with Gasteiger partial charge in [0.05, 0.1) is 24.0 Å². The van der Waals surface area contributed by atoms with Gasteiger partial charge in [-0.25, -0.2) is 0 Å². The van der Waals surface area contributed by atoms with Crippen LogP contribution >= 0.6 is 0 Å². The summed E-state index contributed by atoms with van der Waals surface area (Å²) in [4.78, 5) is 25.0. The fraction of sp³-hybridized carbons (Fsp3) is 0.765. The largest absolute Gasteiger partial charge is 0.463 e. The molecular weight excluding hydrogens is 268 g/mol. The van der Waals surface area contributed by atoms with Gasteiger partial charge in [-0.3, -0.25) is 9.59 Å². The van der Waals surface area contributed by atoms with E-state index in [2.05, 4.69) is 19.1 Å². The lowest BCUT2D eigenvalue weighted by atomic mass is 9.72. The minimum Gasteiger partial charge on any atom is -0.463 e. The Morgan fingerprint density at radius 1 is 1.14 bits per heavy atom. The van der Waals surface area contributed by atoms with Crippen LogP contribution in [-0.4, -0.2) is 24.1 Å². The summed E-state index contributed by atoms with van der Waals surface area (Å²) in [6.07, 6.45) is 5.54. The van der Waals surface area contributed by atoms with E-state index < -0.39 is 11.8 Å². The van der Waals surface area contributed by atoms with Crippen LogP contribution in [0.2, 0.25) is 0 Å². The molecule has 0 aromatic heterocycles. The van der Waals surface area contributed by atoms with Gasteiger partial charge < -0.3 is 9.47 Å². The highest BCUT2D eigenvalue weighted by molar-refractivity contribution is 5.85. The van der Waals surface area contributed by atoms with Crippen molar-refractivity contribution in [2.75, 3.05) is 0 Å². The summed E-state index contributed by atoms with van der Waals surface area (Å²) >= 11 is 0. The maximum atomic E-state index is 12.5. The van der Waals surface area contributed by atoms with E-state index in [1.165, 1.54) is 0 Å². The number of hydrogen-bond donors (Lipinski definition) is 0. The first-order chi connectivity index (χ1) is 9.80. The van der Waals surface area contributed by atoms with E-state index in [9.17, 15) is 9.59 Å². The summed E-state index contributed by atoms with van der Waals surface area (Å²) in [5, 5.41) is 0. The average molecular weight is 294 g/mol. The Bertz CT molecular complexity index is 452. The molecule has 1 fully saturated rings. The standard InChI is InChI=1S/C17H26O4/c1-6-17-8-7-12(9-17)13(15(18)20-10(2)3)14(17)16(19)21-11(4)5/h7-8,10-14H,6,9H2,1-5H3. The molecule has 2 aliphatic rings. The fourth-order valence-corrected chi connectivity index (χ4v) is 3.76. The maximum absolute atomic E-state index is 12.5. The Labute approximate surface area is 126 Å². The number of rotatable bonds is 5. The first-order valence-corrected chi connectivity index (χ1v) is 7.91. The lowest BCUT2D eigenvalue weighted by Gasteiger charge is -2.33. The first kappa shape index (κ1) is 16.1. The molecule has 0 aliphatic heterocycles. The van der Waals surface area contributed by atoms with E-state index in [0.29, 0.717) is 0 Å². The summed E-state index contributed by atoms with van der Waals surface area (Å²) in [7, 11) is 0. The van der Waals surface area contributed by atoms with Crippen molar-refractivity contribution < 1.29 is 19.1 Å². The van der Waals surface area contributed by atoms with Gasteiger partial charge >= 0.3 is 11.9 Å². The van der Waals surface area contributed by atoms with Crippen molar-refractivity contribution >= 4 is 11.9 Å². The molecule has 0 saturated heterocycles. The molecule has 0 radical (unpaired) electrons. The molecule has 4 nitrogen and oxygen atoms in total. The number of carbonyl (C=O) groups excluding carboxylic acids is 2. The third-order valence-corrected chi connectivity index (χ3v) is 4.62. The number of allylic oxidation sites excluding steroid dienone is 2. The molecule has 0 heterocycles. The van der Waals surface area contributed by atoms with E-state index in [-0.39, 0.29) is 35.5 Å². The van der Waals surface area contributed by atoms with E-state index in [4.69, 9.17) is 9.47 Å². The second kappa shape index (κ2) is 5.82. The van der Waals surface area contributed by atoms with Crippen LogP contribution in [0.15, 0.2) is 12.2 Å². The maximum Gasteiger partial charge on any atom is 0.310 e. The van der Waals surface area contributed by atoms with Crippen LogP contribution in [0, 0.1) is 23.2 Å². The average Bonchev–Trinajstić information content (AvgIpc) is 2.92. The molecule has 4 atom stereocenters. The van der Waals surface area contributed by atoms with Crippen molar-refractivity contribution in [2.45, 2.75) is 59.7 Å². The Balaban J connectivity index is 2.28. The van der Waals surface area contributed by atoms with Crippen LogP contribution in [0.25, 0.3) is 0 Å². The number of hydrogen-bond acceptors (Lipinski definition) is 4. The molecule has 4 unspecified atom stereocenters. The monoisotopic (exact) mass is 294 g/mol. The van der Waals surface area contributed by atoms with Gasteiger partial charge in [0.2, 0.25) is 0 Å². The molecule has 1 saturated carbocycles. The summed E-state index contributed by atoms with van der Waals surface area (Å²) in [6.45, 7) is 9.40. The van der Waals surface area contributed by atoms with Crippen LogP contribution in [0.4, 0.5) is 0 Å². The van der Waals surface area contributed by atoms with Gasteiger partial charge in [-0.2, -0.15) is 0 Å².